The zero-order valence-electron chi connectivity index (χ0n) is 14.4. The van der Waals surface area contributed by atoms with Crippen molar-refractivity contribution < 1.29 is 0 Å². The van der Waals surface area contributed by atoms with E-state index in [2.05, 4.69) is 26.1 Å². The molecule has 0 aliphatic rings. The summed E-state index contributed by atoms with van der Waals surface area (Å²) in [6, 6.07) is 17.3. The third kappa shape index (κ3) is 4.77. The lowest BCUT2D eigenvalue weighted by atomic mass is 10.1. The number of aromatic nitrogens is 2. The van der Waals surface area contributed by atoms with Crippen molar-refractivity contribution in [1.29, 1.82) is 0 Å². The Morgan fingerprint density at radius 3 is 2.35 bits per heavy atom. The highest BCUT2D eigenvalue weighted by Gasteiger charge is 2.08. The van der Waals surface area contributed by atoms with Crippen molar-refractivity contribution in [2.24, 2.45) is 0 Å². The summed E-state index contributed by atoms with van der Waals surface area (Å²) in [6.07, 6.45) is 0. The van der Waals surface area contributed by atoms with Crippen LogP contribution in [0.3, 0.4) is 0 Å². The molecule has 3 rings (SSSR count). The van der Waals surface area contributed by atoms with Gasteiger partial charge in [-0.15, -0.1) is 0 Å². The van der Waals surface area contributed by atoms with Gasteiger partial charge in [0.25, 0.3) is 0 Å². The Morgan fingerprint density at radius 1 is 0.885 bits per heavy atom. The first-order valence-corrected chi connectivity index (χ1v) is 8.95. The van der Waals surface area contributed by atoms with Gasteiger partial charge >= 0.3 is 0 Å². The predicted octanol–water partition coefficient (Wildman–Crippen LogP) is 5.71. The van der Waals surface area contributed by atoms with Crippen LogP contribution in [0.4, 0.5) is 17.5 Å². The fraction of sp³-hybridized carbons (Fsp3) is 0.158. The first-order chi connectivity index (χ1) is 12.5. The van der Waals surface area contributed by atoms with Crippen LogP contribution in [-0.4, -0.2) is 16.0 Å². The van der Waals surface area contributed by atoms with Crippen LogP contribution < -0.4 is 16.2 Å². The number of anilines is 3. The van der Waals surface area contributed by atoms with Gasteiger partial charge in [0.15, 0.2) is 5.82 Å². The van der Waals surface area contributed by atoms with Crippen molar-refractivity contribution in [3.63, 3.8) is 0 Å². The van der Waals surface area contributed by atoms with Gasteiger partial charge in [-0.3, -0.25) is 10.9 Å². The average molecular weight is 388 g/mol. The fourth-order valence-corrected chi connectivity index (χ4v) is 2.77. The van der Waals surface area contributed by atoms with Crippen LogP contribution >= 0.6 is 23.2 Å². The lowest BCUT2D eigenvalue weighted by molar-refractivity contribution is 0.875. The van der Waals surface area contributed by atoms with Crippen molar-refractivity contribution in [1.82, 2.24) is 9.97 Å². The minimum Gasteiger partial charge on any atom is -0.352 e. The summed E-state index contributed by atoms with van der Waals surface area (Å²) in [5.41, 5.74) is 8.66. The maximum Gasteiger partial charge on any atom is 0.225 e. The smallest absolute Gasteiger partial charge is 0.225 e. The third-order valence-corrected chi connectivity index (χ3v) is 4.02. The molecule has 0 unspecified atom stereocenters. The van der Waals surface area contributed by atoms with Gasteiger partial charge in [0.05, 0.1) is 16.4 Å². The number of hydrogen-bond donors (Lipinski definition) is 3. The normalized spacial score (nSPS) is 10.7. The van der Waals surface area contributed by atoms with Crippen LogP contribution in [0.5, 0.6) is 0 Å². The van der Waals surface area contributed by atoms with Gasteiger partial charge in [0, 0.05) is 22.7 Å². The zero-order valence-corrected chi connectivity index (χ0v) is 15.9. The van der Waals surface area contributed by atoms with Crippen LogP contribution in [0.1, 0.15) is 13.8 Å². The molecular formula is C19H19Cl2N5. The molecule has 3 N–H and O–H groups in total. The molecule has 134 valence electrons. The second-order valence-corrected chi connectivity index (χ2v) is 6.84. The topological polar surface area (TPSA) is 61.9 Å². The monoisotopic (exact) mass is 387 g/mol. The molecule has 0 amide bonds. The Hall–Kier alpha value is -2.50. The Balaban J connectivity index is 1.87. The predicted molar refractivity (Wildman–Crippen MR) is 110 cm³/mol. The molecule has 26 heavy (non-hydrogen) atoms. The molecular weight excluding hydrogens is 369 g/mol. The van der Waals surface area contributed by atoms with E-state index in [0.29, 0.717) is 27.5 Å². The molecule has 0 fully saturated rings. The van der Waals surface area contributed by atoms with E-state index >= 15 is 0 Å². The lowest BCUT2D eigenvalue weighted by Gasteiger charge is -2.14. The molecule has 0 radical (unpaired) electrons. The van der Waals surface area contributed by atoms with Gasteiger partial charge in [-0.2, -0.15) is 4.98 Å². The Kier molecular flexibility index (Phi) is 5.81. The first-order valence-electron chi connectivity index (χ1n) is 8.19. The molecule has 0 saturated carbocycles. The molecule has 7 heteroatoms. The van der Waals surface area contributed by atoms with Gasteiger partial charge in [-0.05, 0) is 32.0 Å². The molecule has 0 aliphatic carbocycles. The third-order valence-electron chi connectivity index (χ3n) is 3.47. The van der Waals surface area contributed by atoms with E-state index in [9.17, 15) is 0 Å². The van der Waals surface area contributed by atoms with Crippen LogP contribution in [0.15, 0.2) is 54.6 Å². The second kappa shape index (κ2) is 8.25. The van der Waals surface area contributed by atoms with E-state index in [1.807, 2.05) is 50.2 Å². The number of hydrogen-bond acceptors (Lipinski definition) is 5. The largest absolute Gasteiger partial charge is 0.352 e. The Labute approximate surface area is 162 Å². The van der Waals surface area contributed by atoms with Gasteiger partial charge in [0.1, 0.15) is 0 Å². The van der Waals surface area contributed by atoms with Gasteiger partial charge in [-0.1, -0.05) is 53.5 Å². The van der Waals surface area contributed by atoms with Gasteiger partial charge < -0.3 is 5.32 Å². The maximum atomic E-state index is 6.19. The highest BCUT2D eigenvalue weighted by atomic mass is 35.5. The van der Waals surface area contributed by atoms with Gasteiger partial charge in [0.2, 0.25) is 5.95 Å². The molecule has 3 aromatic rings. The number of benzene rings is 2. The van der Waals surface area contributed by atoms with E-state index in [1.54, 1.807) is 18.2 Å². The molecule has 2 aromatic carbocycles. The zero-order chi connectivity index (χ0) is 18.5. The summed E-state index contributed by atoms with van der Waals surface area (Å²) in [4.78, 5) is 9.09. The van der Waals surface area contributed by atoms with E-state index in [0.717, 1.165) is 11.3 Å². The summed E-state index contributed by atoms with van der Waals surface area (Å²) in [5, 5.41) is 4.34. The summed E-state index contributed by atoms with van der Waals surface area (Å²) in [7, 11) is 0. The summed E-state index contributed by atoms with van der Waals surface area (Å²) in [5.74, 6) is 1.17. The fourth-order valence-electron chi connectivity index (χ4n) is 2.31. The second-order valence-electron chi connectivity index (χ2n) is 6.00. The quantitative estimate of drug-likeness (QED) is 0.472. The van der Waals surface area contributed by atoms with Crippen molar-refractivity contribution in [2.45, 2.75) is 19.9 Å². The highest BCUT2D eigenvalue weighted by molar-refractivity contribution is 6.36. The Morgan fingerprint density at radius 2 is 1.65 bits per heavy atom. The van der Waals surface area contributed by atoms with E-state index < -0.39 is 0 Å². The van der Waals surface area contributed by atoms with Crippen molar-refractivity contribution >= 4 is 40.7 Å². The maximum absolute atomic E-state index is 6.19. The van der Waals surface area contributed by atoms with E-state index in [-0.39, 0.29) is 6.04 Å². The van der Waals surface area contributed by atoms with Crippen molar-refractivity contribution in [3.8, 4) is 11.3 Å². The molecule has 0 bridgehead atoms. The van der Waals surface area contributed by atoms with Crippen LogP contribution in [0, 0.1) is 0 Å². The highest BCUT2D eigenvalue weighted by Crippen LogP contribution is 2.26. The van der Waals surface area contributed by atoms with Crippen molar-refractivity contribution in [2.75, 3.05) is 16.2 Å². The van der Waals surface area contributed by atoms with Crippen molar-refractivity contribution in [3.05, 3.63) is 64.6 Å². The first kappa shape index (κ1) is 18.3. The van der Waals surface area contributed by atoms with Crippen LogP contribution in [0.25, 0.3) is 11.3 Å². The SMILES string of the molecule is CC(C)Nc1nc(NNc2ccc(Cl)cc2Cl)cc(-c2ccccc2)n1. The van der Waals surface area contributed by atoms with Crippen LogP contribution in [0.2, 0.25) is 10.0 Å². The number of nitrogens with zero attached hydrogens (tertiary/aromatic N) is 2. The molecule has 0 saturated heterocycles. The lowest BCUT2D eigenvalue weighted by Crippen LogP contribution is -2.16. The number of halogens is 2. The molecule has 1 aromatic heterocycles. The molecule has 0 spiro atoms. The molecule has 5 nitrogen and oxygen atoms in total. The molecule has 1 heterocycles. The summed E-state index contributed by atoms with van der Waals surface area (Å²) < 4.78 is 0. The van der Waals surface area contributed by atoms with E-state index in [4.69, 9.17) is 23.2 Å². The number of nitrogens with one attached hydrogen (secondary N) is 3. The summed E-state index contributed by atoms with van der Waals surface area (Å²) in [6.45, 7) is 4.08. The minimum absolute atomic E-state index is 0.215. The summed E-state index contributed by atoms with van der Waals surface area (Å²) >= 11 is 12.1. The number of rotatable bonds is 6. The molecule has 0 atom stereocenters. The molecule has 0 aliphatic heterocycles. The minimum atomic E-state index is 0.215. The standard InChI is InChI=1S/C19H19Cl2N5/c1-12(2)22-19-23-17(13-6-4-3-5-7-13)11-18(24-19)26-25-16-9-8-14(20)10-15(16)21/h3-12,25H,1-2H3,(H2,22,23,24,26). The Bertz CT molecular complexity index is 884. The van der Waals surface area contributed by atoms with E-state index in [1.165, 1.54) is 0 Å². The average Bonchev–Trinajstić information content (AvgIpc) is 2.61. The van der Waals surface area contributed by atoms with Crippen LogP contribution in [-0.2, 0) is 0 Å². The van der Waals surface area contributed by atoms with Gasteiger partial charge in [-0.25, -0.2) is 4.98 Å². The number of hydrazine groups is 1.